The van der Waals surface area contributed by atoms with E-state index in [4.69, 9.17) is 14.2 Å². The van der Waals surface area contributed by atoms with Crippen LogP contribution in [0.4, 0.5) is 0 Å². The Morgan fingerprint density at radius 3 is 2.55 bits per heavy atom. The summed E-state index contributed by atoms with van der Waals surface area (Å²) in [6.07, 6.45) is -1.49. The third kappa shape index (κ3) is 3.48. The number of amides is 1. The number of hydrogen-bond acceptors (Lipinski definition) is 5. The van der Waals surface area contributed by atoms with Gasteiger partial charge in [-0.1, -0.05) is 12.1 Å². The Hall–Kier alpha value is -2.08. The van der Waals surface area contributed by atoms with E-state index in [0.717, 1.165) is 11.3 Å². The van der Waals surface area contributed by atoms with E-state index in [-0.39, 0.29) is 12.5 Å². The molecule has 1 N–H and O–H groups in total. The summed E-state index contributed by atoms with van der Waals surface area (Å²) in [5, 5.41) is 2.71. The van der Waals surface area contributed by atoms with Crippen molar-refractivity contribution >= 4 is 11.9 Å². The second-order valence-electron chi connectivity index (χ2n) is 4.30. The van der Waals surface area contributed by atoms with Gasteiger partial charge in [-0.05, 0) is 24.6 Å². The highest BCUT2D eigenvalue weighted by atomic mass is 16.6. The summed E-state index contributed by atoms with van der Waals surface area (Å²) in [6, 6.07) is 7.35. The van der Waals surface area contributed by atoms with Gasteiger partial charge in [-0.15, -0.1) is 0 Å². The van der Waals surface area contributed by atoms with Gasteiger partial charge in [0, 0.05) is 6.54 Å². The number of rotatable bonds is 6. The number of benzene rings is 1. The fraction of sp³-hybridized carbons (Fsp3) is 0.429. The van der Waals surface area contributed by atoms with Crippen LogP contribution in [0.3, 0.4) is 0 Å². The van der Waals surface area contributed by atoms with Gasteiger partial charge in [-0.25, -0.2) is 4.79 Å². The van der Waals surface area contributed by atoms with E-state index in [9.17, 15) is 9.59 Å². The molecule has 0 saturated carbocycles. The van der Waals surface area contributed by atoms with E-state index in [1.165, 1.54) is 0 Å². The number of epoxide rings is 1. The molecule has 1 aromatic rings. The highest BCUT2D eigenvalue weighted by molar-refractivity contribution is 5.92. The van der Waals surface area contributed by atoms with Crippen molar-refractivity contribution in [1.29, 1.82) is 0 Å². The third-order valence-corrected chi connectivity index (χ3v) is 2.89. The maximum absolute atomic E-state index is 11.8. The minimum atomic E-state index is -0.759. The number of hydrogen-bond donors (Lipinski definition) is 1. The summed E-state index contributed by atoms with van der Waals surface area (Å²) in [7, 11) is 1.59. The van der Waals surface area contributed by atoms with Crippen LogP contribution in [-0.2, 0) is 25.6 Å². The second kappa shape index (κ2) is 6.38. The summed E-state index contributed by atoms with van der Waals surface area (Å²) in [5.41, 5.74) is 0.937. The molecular formula is C14H17NO5. The quantitative estimate of drug-likeness (QED) is 0.611. The van der Waals surface area contributed by atoms with E-state index in [1.54, 1.807) is 14.0 Å². The van der Waals surface area contributed by atoms with Gasteiger partial charge in [0.2, 0.25) is 0 Å². The molecule has 108 valence electrons. The molecule has 0 bridgehead atoms. The Kier molecular flexibility index (Phi) is 4.57. The van der Waals surface area contributed by atoms with Crippen LogP contribution in [0, 0.1) is 0 Å². The number of carbonyl (C=O) groups is 2. The molecule has 0 aliphatic carbocycles. The molecule has 0 radical (unpaired) electrons. The van der Waals surface area contributed by atoms with E-state index >= 15 is 0 Å². The van der Waals surface area contributed by atoms with E-state index in [2.05, 4.69) is 5.32 Å². The van der Waals surface area contributed by atoms with Crippen LogP contribution < -0.4 is 10.1 Å². The average Bonchev–Trinajstić information content (AvgIpc) is 3.26. The third-order valence-electron chi connectivity index (χ3n) is 2.89. The lowest BCUT2D eigenvalue weighted by Crippen LogP contribution is -2.30. The lowest BCUT2D eigenvalue weighted by atomic mass is 10.2. The van der Waals surface area contributed by atoms with Crippen molar-refractivity contribution in [3.63, 3.8) is 0 Å². The van der Waals surface area contributed by atoms with Gasteiger partial charge < -0.3 is 19.5 Å². The summed E-state index contributed by atoms with van der Waals surface area (Å²) < 4.78 is 14.8. The van der Waals surface area contributed by atoms with Crippen LogP contribution >= 0.6 is 0 Å². The van der Waals surface area contributed by atoms with Gasteiger partial charge in [-0.2, -0.15) is 0 Å². The van der Waals surface area contributed by atoms with E-state index in [1.807, 2.05) is 24.3 Å². The monoisotopic (exact) mass is 279 g/mol. The minimum Gasteiger partial charge on any atom is -0.497 e. The van der Waals surface area contributed by atoms with Gasteiger partial charge in [0.1, 0.15) is 5.75 Å². The standard InChI is InChI=1S/C14H17NO5/c1-3-19-14(17)12-11(20-12)13(16)15-8-9-4-6-10(18-2)7-5-9/h4-7,11-12H,3,8H2,1-2H3,(H,15,16). The molecule has 1 aliphatic heterocycles. The Balaban J connectivity index is 1.77. The fourth-order valence-electron chi connectivity index (χ4n) is 1.75. The molecular weight excluding hydrogens is 262 g/mol. The molecule has 1 fully saturated rings. The predicted octanol–water partition coefficient (Wildman–Crippen LogP) is 0.642. The van der Waals surface area contributed by atoms with Crippen LogP contribution in [0.2, 0.25) is 0 Å². The van der Waals surface area contributed by atoms with Crippen molar-refractivity contribution in [3.8, 4) is 5.75 Å². The van der Waals surface area contributed by atoms with Crippen molar-refractivity contribution in [2.75, 3.05) is 13.7 Å². The first-order chi connectivity index (χ1) is 9.65. The Labute approximate surface area is 117 Å². The van der Waals surface area contributed by atoms with Crippen LogP contribution in [0.25, 0.3) is 0 Å². The molecule has 6 heteroatoms. The van der Waals surface area contributed by atoms with Crippen molar-refractivity contribution in [2.45, 2.75) is 25.7 Å². The maximum Gasteiger partial charge on any atom is 0.338 e. The first kappa shape index (κ1) is 14.3. The summed E-state index contributed by atoms with van der Waals surface area (Å²) >= 11 is 0. The maximum atomic E-state index is 11.8. The van der Waals surface area contributed by atoms with Crippen LogP contribution in [0.1, 0.15) is 12.5 Å². The summed E-state index contributed by atoms with van der Waals surface area (Å²) in [5.74, 6) is -0.0380. The van der Waals surface area contributed by atoms with Crippen molar-refractivity contribution in [1.82, 2.24) is 5.32 Å². The number of esters is 1. The van der Waals surface area contributed by atoms with E-state index in [0.29, 0.717) is 6.54 Å². The number of ether oxygens (including phenoxy) is 3. The SMILES string of the molecule is CCOC(=O)C1OC1C(=O)NCc1ccc(OC)cc1. The highest BCUT2D eigenvalue weighted by Gasteiger charge is 2.51. The second-order valence-corrected chi connectivity index (χ2v) is 4.30. The van der Waals surface area contributed by atoms with Gasteiger partial charge in [0.05, 0.1) is 13.7 Å². The molecule has 2 unspecified atom stereocenters. The molecule has 1 saturated heterocycles. The Morgan fingerprint density at radius 1 is 1.25 bits per heavy atom. The lowest BCUT2D eigenvalue weighted by molar-refractivity contribution is -0.144. The molecule has 0 aromatic heterocycles. The molecule has 1 aromatic carbocycles. The summed E-state index contributed by atoms with van der Waals surface area (Å²) in [4.78, 5) is 23.1. The molecule has 0 spiro atoms. The number of nitrogens with one attached hydrogen (secondary N) is 1. The Morgan fingerprint density at radius 2 is 1.95 bits per heavy atom. The molecule has 2 atom stereocenters. The highest BCUT2D eigenvalue weighted by Crippen LogP contribution is 2.23. The number of carbonyl (C=O) groups excluding carboxylic acids is 2. The molecule has 2 rings (SSSR count). The zero-order valence-electron chi connectivity index (χ0n) is 11.4. The van der Waals surface area contributed by atoms with Crippen LogP contribution in [0.5, 0.6) is 5.75 Å². The normalized spacial score (nSPS) is 20.1. The largest absolute Gasteiger partial charge is 0.497 e. The number of methoxy groups -OCH3 is 1. The smallest absolute Gasteiger partial charge is 0.338 e. The van der Waals surface area contributed by atoms with Crippen molar-refractivity contribution in [3.05, 3.63) is 29.8 Å². The molecule has 1 aliphatic rings. The molecule has 1 amide bonds. The topological polar surface area (TPSA) is 77.2 Å². The van der Waals surface area contributed by atoms with E-state index < -0.39 is 18.2 Å². The van der Waals surface area contributed by atoms with Gasteiger partial charge >= 0.3 is 5.97 Å². The van der Waals surface area contributed by atoms with Gasteiger partial charge in [-0.3, -0.25) is 4.79 Å². The van der Waals surface area contributed by atoms with Crippen LogP contribution in [0.15, 0.2) is 24.3 Å². The van der Waals surface area contributed by atoms with Crippen molar-refractivity contribution < 1.29 is 23.8 Å². The van der Waals surface area contributed by atoms with Gasteiger partial charge in [0.25, 0.3) is 5.91 Å². The zero-order chi connectivity index (χ0) is 14.5. The van der Waals surface area contributed by atoms with Crippen LogP contribution in [-0.4, -0.2) is 37.8 Å². The first-order valence-electron chi connectivity index (χ1n) is 6.38. The predicted molar refractivity (Wildman–Crippen MR) is 70.1 cm³/mol. The van der Waals surface area contributed by atoms with Gasteiger partial charge in [0.15, 0.2) is 12.2 Å². The average molecular weight is 279 g/mol. The molecule has 1 heterocycles. The fourth-order valence-corrected chi connectivity index (χ4v) is 1.75. The van der Waals surface area contributed by atoms with Crippen molar-refractivity contribution in [2.24, 2.45) is 0 Å². The first-order valence-corrected chi connectivity index (χ1v) is 6.38. The molecule has 6 nitrogen and oxygen atoms in total. The Bertz CT molecular complexity index is 485. The lowest BCUT2D eigenvalue weighted by Gasteiger charge is -2.05. The minimum absolute atomic E-state index is 0.277. The molecule has 20 heavy (non-hydrogen) atoms. The zero-order valence-corrected chi connectivity index (χ0v) is 11.4. The summed E-state index contributed by atoms with van der Waals surface area (Å²) in [6.45, 7) is 2.36.